The van der Waals surface area contributed by atoms with Gasteiger partial charge in [0.05, 0.1) is 5.41 Å². The molecule has 0 radical (unpaired) electrons. The Bertz CT molecular complexity index is 784. The van der Waals surface area contributed by atoms with E-state index in [0.717, 1.165) is 31.4 Å². The van der Waals surface area contributed by atoms with Gasteiger partial charge in [-0.1, -0.05) is 25.1 Å². The number of hydrogen-bond donors (Lipinski definition) is 1. The number of nitrogens with zero attached hydrogens (tertiary/aromatic N) is 2. The number of carbonyl (C=O) groups excluding carboxylic acids is 2. The summed E-state index contributed by atoms with van der Waals surface area (Å²) in [6.07, 6.45) is 6.86. The second kappa shape index (κ2) is 8.42. The van der Waals surface area contributed by atoms with E-state index in [2.05, 4.69) is 23.0 Å². The largest absolute Gasteiger partial charge is 0.354 e. The third-order valence-corrected chi connectivity index (χ3v) is 5.30. The molecule has 0 spiro atoms. The monoisotopic (exact) mass is 367 g/mol. The summed E-state index contributed by atoms with van der Waals surface area (Å²) in [5.74, 6) is 0.0299. The van der Waals surface area contributed by atoms with E-state index in [1.807, 2.05) is 54.4 Å². The lowest BCUT2D eigenvalue weighted by atomic mass is 9.80. The van der Waals surface area contributed by atoms with Gasteiger partial charge in [0, 0.05) is 44.1 Å². The van der Waals surface area contributed by atoms with E-state index in [1.165, 1.54) is 0 Å². The van der Waals surface area contributed by atoms with Crippen LogP contribution in [0.4, 0.5) is 0 Å². The van der Waals surface area contributed by atoms with Crippen molar-refractivity contribution in [3.63, 3.8) is 0 Å². The van der Waals surface area contributed by atoms with Gasteiger partial charge in [0.15, 0.2) is 0 Å². The Morgan fingerprint density at radius 2 is 1.96 bits per heavy atom. The molecule has 27 heavy (non-hydrogen) atoms. The summed E-state index contributed by atoms with van der Waals surface area (Å²) in [5.41, 5.74) is 1.24. The molecule has 0 unspecified atom stereocenters. The molecule has 1 aliphatic rings. The lowest BCUT2D eigenvalue weighted by Gasteiger charge is -2.39. The molecule has 144 valence electrons. The van der Waals surface area contributed by atoms with Crippen LogP contribution in [-0.4, -0.2) is 34.4 Å². The first-order chi connectivity index (χ1) is 13.0. The van der Waals surface area contributed by atoms with Crippen molar-refractivity contribution in [1.29, 1.82) is 0 Å². The molecule has 5 nitrogen and oxygen atoms in total. The van der Waals surface area contributed by atoms with Crippen LogP contribution in [0.2, 0.25) is 0 Å². The van der Waals surface area contributed by atoms with Crippen molar-refractivity contribution in [1.82, 2.24) is 14.8 Å². The van der Waals surface area contributed by atoms with E-state index in [0.29, 0.717) is 25.2 Å². The fourth-order valence-corrected chi connectivity index (χ4v) is 3.75. The van der Waals surface area contributed by atoms with Gasteiger partial charge < -0.3 is 14.8 Å². The second-order valence-electron chi connectivity index (χ2n) is 7.70. The van der Waals surface area contributed by atoms with Crippen LogP contribution in [0.1, 0.15) is 49.0 Å². The third kappa shape index (κ3) is 4.59. The summed E-state index contributed by atoms with van der Waals surface area (Å²) >= 11 is 0. The Morgan fingerprint density at radius 1 is 1.19 bits per heavy atom. The first-order valence-electron chi connectivity index (χ1n) is 9.79. The first-order valence-corrected chi connectivity index (χ1v) is 9.79. The molecule has 1 aliphatic heterocycles. The molecule has 5 heteroatoms. The van der Waals surface area contributed by atoms with Crippen LogP contribution in [-0.2, 0) is 17.9 Å². The fraction of sp³-hybridized carbons (Fsp3) is 0.455. The molecule has 1 aromatic carbocycles. The van der Waals surface area contributed by atoms with Crippen molar-refractivity contribution in [2.75, 3.05) is 13.1 Å². The Labute approximate surface area is 161 Å². The van der Waals surface area contributed by atoms with Gasteiger partial charge in [0.25, 0.3) is 5.91 Å². The molecule has 0 saturated carbocycles. The van der Waals surface area contributed by atoms with E-state index in [9.17, 15) is 9.59 Å². The number of aryl methyl sites for hydroxylation is 1. The predicted octanol–water partition coefficient (Wildman–Crippen LogP) is 3.46. The van der Waals surface area contributed by atoms with E-state index in [-0.39, 0.29) is 11.8 Å². The maximum Gasteiger partial charge on any atom is 0.253 e. The van der Waals surface area contributed by atoms with E-state index in [1.54, 1.807) is 0 Å². The maximum atomic E-state index is 12.9. The van der Waals surface area contributed by atoms with Gasteiger partial charge in [0.1, 0.15) is 0 Å². The maximum absolute atomic E-state index is 12.9. The van der Waals surface area contributed by atoms with Crippen LogP contribution in [0.15, 0.2) is 48.8 Å². The first kappa shape index (κ1) is 19.2. The average Bonchev–Trinajstić information content (AvgIpc) is 3.14. The van der Waals surface area contributed by atoms with Gasteiger partial charge in [-0.15, -0.1) is 0 Å². The van der Waals surface area contributed by atoms with Crippen molar-refractivity contribution in [2.45, 2.75) is 46.2 Å². The number of amides is 2. The van der Waals surface area contributed by atoms with Gasteiger partial charge in [0.2, 0.25) is 5.91 Å². The molecular weight excluding hydrogens is 338 g/mol. The molecule has 1 saturated heterocycles. The minimum atomic E-state index is -0.547. The van der Waals surface area contributed by atoms with Crippen LogP contribution >= 0.6 is 0 Å². The summed E-state index contributed by atoms with van der Waals surface area (Å²) in [7, 11) is 0. The number of piperidine rings is 1. The summed E-state index contributed by atoms with van der Waals surface area (Å²) in [4.78, 5) is 27.4. The Hall–Kier alpha value is -2.56. The van der Waals surface area contributed by atoms with Crippen LogP contribution in [0.5, 0.6) is 0 Å². The smallest absolute Gasteiger partial charge is 0.253 e. The quantitative estimate of drug-likeness (QED) is 0.850. The number of likely N-dealkylation sites (tertiary alicyclic amines) is 1. The van der Waals surface area contributed by atoms with E-state index in [4.69, 9.17) is 0 Å². The third-order valence-electron chi connectivity index (χ3n) is 5.30. The number of carbonyl (C=O) groups is 2. The van der Waals surface area contributed by atoms with Crippen LogP contribution < -0.4 is 5.32 Å². The summed E-state index contributed by atoms with van der Waals surface area (Å²) in [5, 5.41) is 3.07. The van der Waals surface area contributed by atoms with Gasteiger partial charge in [-0.2, -0.15) is 0 Å². The molecule has 0 aliphatic carbocycles. The molecular formula is C22H29N3O2. The molecule has 3 rings (SSSR count). The van der Waals surface area contributed by atoms with Crippen molar-refractivity contribution < 1.29 is 9.59 Å². The highest BCUT2D eigenvalue weighted by Gasteiger charge is 2.39. The van der Waals surface area contributed by atoms with Gasteiger partial charge in [-0.05, 0) is 49.9 Å². The van der Waals surface area contributed by atoms with Gasteiger partial charge in [-0.25, -0.2) is 0 Å². The summed E-state index contributed by atoms with van der Waals surface area (Å²) in [6.45, 7) is 6.79. The van der Waals surface area contributed by atoms with Crippen molar-refractivity contribution >= 4 is 11.8 Å². The number of hydrogen-bond acceptors (Lipinski definition) is 2. The summed E-state index contributed by atoms with van der Waals surface area (Å²) in [6, 6.07) is 11.3. The normalized spacial score (nSPS) is 19.7. The molecule has 0 bridgehead atoms. The highest BCUT2D eigenvalue weighted by atomic mass is 16.2. The molecule has 2 amide bonds. The molecule has 1 aromatic heterocycles. The number of aromatic nitrogens is 1. The Kier molecular flexibility index (Phi) is 5.99. The predicted molar refractivity (Wildman–Crippen MR) is 106 cm³/mol. The zero-order valence-electron chi connectivity index (χ0n) is 16.3. The van der Waals surface area contributed by atoms with E-state index < -0.39 is 5.41 Å². The average molecular weight is 367 g/mol. The Balaban J connectivity index is 1.60. The van der Waals surface area contributed by atoms with Gasteiger partial charge in [-0.3, -0.25) is 9.59 Å². The molecule has 2 heterocycles. The minimum absolute atomic E-state index is 0.00553. The van der Waals surface area contributed by atoms with Crippen LogP contribution in [0.3, 0.4) is 0 Å². The number of rotatable bonds is 6. The molecule has 2 aromatic rings. The lowest BCUT2D eigenvalue weighted by Crippen LogP contribution is -2.51. The van der Waals surface area contributed by atoms with Crippen molar-refractivity contribution in [3.8, 4) is 0 Å². The number of nitrogens with one attached hydrogen (secondary N) is 1. The van der Waals surface area contributed by atoms with Crippen LogP contribution in [0.25, 0.3) is 0 Å². The second-order valence-corrected chi connectivity index (χ2v) is 7.70. The highest BCUT2D eigenvalue weighted by molar-refractivity contribution is 5.95. The molecule has 1 fully saturated rings. The van der Waals surface area contributed by atoms with E-state index >= 15 is 0 Å². The standard InChI is InChI=1S/C22H29N3O2/c1-3-12-24-14-10-18(16-24)15-23-21(27)22(2)11-7-13-25(17-22)20(26)19-8-5-4-6-9-19/h4-6,8-10,14,16H,3,7,11-13,15,17H2,1-2H3,(H,23,27)/t22-/m0/s1. The Morgan fingerprint density at radius 3 is 2.70 bits per heavy atom. The summed E-state index contributed by atoms with van der Waals surface area (Å²) < 4.78 is 2.14. The molecule has 1 atom stereocenters. The van der Waals surface area contributed by atoms with Crippen molar-refractivity contribution in [3.05, 3.63) is 59.9 Å². The topological polar surface area (TPSA) is 54.3 Å². The lowest BCUT2D eigenvalue weighted by molar-refractivity contribution is -0.132. The zero-order chi connectivity index (χ0) is 19.3. The van der Waals surface area contributed by atoms with Crippen molar-refractivity contribution in [2.24, 2.45) is 5.41 Å². The fourth-order valence-electron chi connectivity index (χ4n) is 3.75. The van der Waals surface area contributed by atoms with Gasteiger partial charge >= 0.3 is 0 Å². The zero-order valence-corrected chi connectivity index (χ0v) is 16.3. The number of benzene rings is 1. The van der Waals surface area contributed by atoms with Crippen LogP contribution in [0, 0.1) is 5.41 Å². The SMILES string of the molecule is CCCn1ccc(CNC(=O)[C@@]2(C)CCCN(C(=O)c3ccccc3)C2)c1. The highest BCUT2D eigenvalue weighted by Crippen LogP contribution is 2.30. The molecule has 1 N–H and O–H groups in total. The minimum Gasteiger partial charge on any atom is -0.354 e.